The molecule has 1 aliphatic rings. The van der Waals surface area contributed by atoms with Gasteiger partial charge in [-0.15, -0.1) is 0 Å². The maximum absolute atomic E-state index is 14.0. The molecule has 2 heterocycles. The molecule has 40 heavy (non-hydrogen) atoms. The van der Waals surface area contributed by atoms with Gasteiger partial charge in [0.15, 0.2) is 11.7 Å². The van der Waals surface area contributed by atoms with E-state index in [-0.39, 0.29) is 17.3 Å². The standard InChI is InChI=1S/C30H31FN2O6S/c31-24-9-4-8-23(20-24)29(30(34)15-18-37-19-16-30)38-17-5-10-26-33-27(21-6-2-1-3-7-21)28(39-26)22-11-13-25(14-12-22)40(32,35)36/h1-4,6-9,11-14,20,29,34H,5,10,15-19H2,(H2,32,35,36). The molecule has 0 amide bonds. The number of oxazole rings is 1. The van der Waals surface area contributed by atoms with Gasteiger partial charge in [0.25, 0.3) is 0 Å². The Morgan fingerprint density at radius 2 is 1.73 bits per heavy atom. The lowest BCUT2D eigenvalue weighted by Crippen LogP contribution is -2.43. The highest BCUT2D eigenvalue weighted by atomic mass is 32.2. The van der Waals surface area contributed by atoms with Crippen molar-refractivity contribution < 1.29 is 31.8 Å². The van der Waals surface area contributed by atoms with E-state index in [9.17, 15) is 17.9 Å². The number of hydrogen-bond donors (Lipinski definition) is 2. The first-order chi connectivity index (χ1) is 19.2. The van der Waals surface area contributed by atoms with Crippen molar-refractivity contribution >= 4 is 10.0 Å². The van der Waals surface area contributed by atoms with Crippen LogP contribution in [0.1, 0.15) is 36.8 Å². The van der Waals surface area contributed by atoms with Crippen molar-refractivity contribution in [1.29, 1.82) is 0 Å². The number of aliphatic hydroxyl groups is 1. The molecule has 0 aliphatic carbocycles. The number of sulfonamides is 1. The predicted molar refractivity (Wildman–Crippen MR) is 147 cm³/mol. The number of hydrogen-bond acceptors (Lipinski definition) is 7. The van der Waals surface area contributed by atoms with Crippen LogP contribution in [-0.4, -0.2) is 43.9 Å². The number of primary sulfonamides is 1. The molecule has 0 saturated carbocycles. The van der Waals surface area contributed by atoms with Crippen LogP contribution in [0.25, 0.3) is 22.6 Å². The summed E-state index contributed by atoms with van der Waals surface area (Å²) in [4.78, 5) is 4.75. The van der Waals surface area contributed by atoms with E-state index in [4.69, 9.17) is 24.0 Å². The molecule has 1 unspecified atom stereocenters. The number of aryl methyl sites for hydroxylation is 1. The molecule has 1 fully saturated rings. The highest BCUT2D eigenvalue weighted by molar-refractivity contribution is 7.89. The summed E-state index contributed by atoms with van der Waals surface area (Å²) in [5.41, 5.74) is 1.57. The summed E-state index contributed by atoms with van der Waals surface area (Å²) in [7, 11) is -3.82. The van der Waals surface area contributed by atoms with Gasteiger partial charge in [0.1, 0.15) is 17.6 Å². The number of nitrogens with zero attached hydrogens (tertiary/aromatic N) is 1. The first-order valence-corrected chi connectivity index (χ1v) is 14.6. The minimum Gasteiger partial charge on any atom is -0.440 e. The van der Waals surface area contributed by atoms with Crippen molar-refractivity contribution in [3.63, 3.8) is 0 Å². The Hall–Kier alpha value is -3.41. The minimum atomic E-state index is -3.82. The molecule has 1 aliphatic heterocycles. The maximum atomic E-state index is 14.0. The van der Waals surface area contributed by atoms with Gasteiger partial charge >= 0.3 is 0 Å². The highest BCUT2D eigenvalue weighted by Gasteiger charge is 2.40. The zero-order valence-electron chi connectivity index (χ0n) is 21.8. The number of aromatic nitrogens is 1. The summed E-state index contributed by atoms with van der Waals surface area (Å²) in [5.74, 6) is 0.608. The summed E-state index contributed by atoms with van der Waals surface area (Å²) >= 11 is 0. The first kappa shape index (κ1) is 28.1. The van der Waals surface area contributed by atoms with Crippen LogP contribution < -0.4 is 5.14 Å². The average Bonchev–Trinajstić information content (AvgIpc) is 3.37. The molecule has 1 atom stereocenters. The van der Waals surface area contributed by atoms with Gasteiger partial charge < -0.3 is 19.0 Å². The Morgan fingerprint density at radius 3 is 2.40 bits per heavy atom. The van der Waals surface area contributed by atoms with Crippen molar-refractivity contribution in [1.82, 2.24) is 4.98 Å². The zero-order valence-corrected chi connectivity index (χ0v) is 22.6. The van der Waals surface area contributed by atoms with E-state index < -0.39 is 21.7 Å². The third-order valence-electron chi connectivity index (χ3n) is 6.98. The van der Waals surface area contributed by atoms with Crippen LogP contribution in [-0.2, 0) is 25.9 Å². The van der Waals surface area contributed by atoms with E-state index in [1.54, 1.807) is 24.3 Å². The SMILES string of the molecule is NS(=O)(=O)c1ccc(-c2oc(CCCOC(c3cccc(F)c3)C3(O)CCOCC3)nc2-c2ccccc2)cc1. The van der Waals surface area contributed by atoms with Gasteiger partial charge in [-0.3, -0.25) is 0 Å². The van der Waals surface area contributed by atoms with E-state index in [0.29, 0.717) is 67.4 Å². The third-order valence-corrected chi connectivity index (χ3v) is 7.91. The Balaban J connectivity index is 1.34. The van der Waals surface area contributed by atoms with Gasteiger partial charge in [0.2, 0.25) is 10.0 Å². The van der Waals surface area contributed by atoms with Crippen LogP contribution in [0.3, 0.4) is 0 Å². The summed E-state index contributed by atoms with van der Waals surface area (Å²) in [6.45, 7) is 1.10. The Kier molecular flexibility index (Phi) is 8.43. The van der Waals surface area contributed by atoms with Gasteiger partial charge in [-0.2, -0.15) is 0 Å². The fourth-order valence-electron chi connectivity index (χ4n) is 4.90. The molecule has 8 nitrogen and oxygen atoms in total. The van der Waals surface area contributed by atoms with Crippen LogP contribution in [0.2, 0.25) is 0 Å². The molecule has 3 aromatic carbocycles. The summed E-state index contributed by atoms with van der Waals surface area (Å²) in [6.07, 6.45) is 1.07. The van der Waals surface area contributed by atoms with Crippen LogP contribution in [0, 0.1) is 5.82 Å². The molecule has 0 bridgehead atoms. The Bertz CT molecular complexity index is 1530. The maximum Gasteiger partial charge on any atom is 0.238 e. The predicted octanol–water partition coefficient (Wildman–Crippen LogP) is 5.03. The number of nitrogens with two attached hydrogens (primary N) is 1. The van der Waals surface area contributed by atoms with E-state index in [1.165, 1.54) is 24.3 Å². The van der Waals surface area contributed by atoms with Crippen molar-refractivity contribution in [2.75, 3.05) is 19.8 Å². The summed E-state index contributed by atoms with van der Waals surface area (Å²) in [5, 5.41) is 16.6. The van der Waals surface area contributed by atoms with Crippen molar-refractivity contribution in [3.8, 4) is 22.6 Å². The number of rotatable bonds is 10. The second-order valence-electron chi connectivity index (χ2n) is 9.85. The van der Waals surface area contributed by atoms with E-state index in [2.05, 4.69) is 0 Å². The Morgan fingerprint density at radius 1 is 1.00 bits per heavy atom. The van der Waals surface area contributed by atoms with Crippen LogP contribution in [0.4, 0.5) is 4.39 Å². The number of ether oxygens (including phenoxy) is 2. The molecule has 0 radical (unpaired) electrons. The molecule has 10 heteroatoms. The number of benzene rings is 3. The monoisotopic (exact) mass is 566 g/mol. The zero-order chi connectivity index (χ0) is 28.2. The minimum absolute atomic E-state index is 0.00781. The smallest absolute Gasteiger partial charge is 0.238 e. The Labute approximate surface area is 232 Å². The van der Waals surface area contributed by atoms with Gasteiger partial charge in [0.05, 0.1) is 10.5 Å². The van der Waals surface area contributed by atoms with Crippen LogP contribution in [0.15, 0.2) is 88.2 Å². The number of halogens is 1. The second kappa shape index (κ2) is 12.0. The van der Waals surface area contributed by atoms with Gasteiger partial charge in [-0.1, -0.05) is 42.5 Å². The van der Waals surface area contributed by atoms with E-state index in [1.807, 2.05) is 30.3 Å². The quantitative estimate of drug-likeness (QED) is 0.258. The van der Waals surface area contributed by atoms with E-state index in [0.717, 1.165) is 5.56 Å². The van der Waals surface area contributed by atoms with Crippen molar-refractivity contribution in [2.24, 2.45) is 5.14 Å². The second-order valence-corrected chi connectivity index (χ2v) is 11.4. The lowest BCUT2D eigenvalue weighted by atomic mass is 9.84. The molecule has 0 spiro atoms. The van der Waals surface area contributed by atoms with Gasteiger partial charge in [-0.25, -0.2) is 22.9 Å². The molecule has 4 aromatic rings. The lowest BCUT2D eigenvalue weighted by molar-refractivity contribution is -0.156. The van der Waals surface area contributed by atoms with Gasteiger partial charge in [0, 0.05) is 50.2 Å². The molecular formula is C30H31FN2O6S. The first-order valence-electron chi connectivity index (χ1n) is 13.1. The highest BCUT2D eigenvalue weighted by Crippen LogP contribution is 2.38. The molecule has 210 valence electrons. The summed E-state index contributed by atoms with van der Waals surface area (Å²) in [6, 6.07) is 21.8. The van der Waals surface area contributed by atoms with Crippen molar-refractivity contribution in [3.05, 3.63) is 96.1 Å². The molecule has 3 N–H and O–H groups in total. The molecule has 5 rings (SSSR count). The van der Waals surface area contributed by atoms with Gasteiger partial charge in [-0.05, 0) is 48.4 Å². The fourth-order valence-corrected chi connectivity index (χ4v) is 5.41. The topological polar surface area (TPSA) is 125 Å². The fraction of sp³-hybridized carbons (Fsp3) is 0.300. The average molecular weight is 567 g/mol. The van der Waals surface area contributed by atoms with Crippen LogP contribution >= 0.6 is 0 Å². The molecular weight excluding hydrogens is 535 g/mol. The van der Waals surface area contributed by atoms with Crippen LogP contribution in [0.5, 0.6) is 0 Å². The third kappa shape index (κ3) is 6.48. The largest absolute Gasteiger partial charge is 0.440 e. The normalized spacial score (nSPS) is 16.1. The molecule has 1 saturated heterocycles. The van der Waals surface area contributed by atoms with Crippen molar-refractivity contribution in [2.45, 2.75) is 42.3 Å². The van der Waals surface area contributed by atoms with E-state index >= 15 is 0 Å². The molecule has 1 aromatic heterocycles. The lowest BCUT2D eigenvalue weighted by Gasteiger charge is -2.39. The summed E-state index contributed by atoms with van der Waals surface area (Å²) < 4.78 is 55.2.